The molecular weight excluding hydrogens is 368 g/mol. The molecule has 2 aromatic rings. The van der Waals surface area contributed by atoms with E-state index in [1.165, 1.54) is 11.1 Å². The Morgan fingerprint density at radius 3 is 2.32 bits per heavy atom. The van der Waals surface area contributed by atoms with Crippen molar-refractivity contribution in [2.75, 3.05) is 13.1 Å². The summed E-state index contributed by atoms with van der Waals surface area (Å²) in [4.78, 5) is 15.0. The molecule has 1 fully saturated rings. The summed E-state index contributed by atoms with van der Waals surface area (Å²) in [5, 5.41) is 3.85. The summed E-state index contributed by atoms with van der Waals surface area (Å²) in [6.45, 7) is 2.17. The average molecular weight is 395 g/mol. The van der Waals surface area contributed by atoms with E-state index in [1.54, 1.807) is 24.3 Å². The Labute approximate surface area is 172 Å². The van der Waals surface area contributed by atoms with Crippen LogP contribution in [0.2, 0.25) is 5.02 Å². The molecule has 0 spiro atoms. The Morgan fingerprint density at radius 1 is 0.964 bits per heavy atom. The van der Waals surface area contributed by atoms with Crippen LogP contribution in [0, 0.1) is 0 Å². The molecule has 4 rings (SSSR count). The molecule has 1 heterocycles. The van der Waals surface area contributed by atoms with Gasteiger partial charge < -0.3 is 5.32 Å². The van der Waals surface area contributed by atoms with E-state index in [1.807, 2.05) is 0 Å². The van der Waals surface area contributed by atoms with Crippen molar-refractivity contribution < 1.29 is 4.79 Å². The van der Waals surface area contributed by atoms with Gasteiger partial charge in [0.15, 0.2) is 0 Å². The van der Waals surface area contributed by atoms with Crippen molar-refractivity contribution in [3.05, 3.63) is 76.8 Å². The number of halogens is 1. The molecule has 1 aliphatic carbocycles. The van der Waals surface area contributed by atoms with Crippen LogP contribution >= 0.6 is 11.6 Å². The number of amides is 1. The third-order valence-electron chi connectivity index (χ3n) is 6.04. The highest BCUT2D eigenvalue weighted by molar-refractivity contribution is 6.30. The van der Waals surface area contributed by atoms with Gasteiger partial charge in [0.05, 0.1) is 0 Å². The number of nitrogens with one attached hydrogen (secondary N) is 1. The Hall–Kier alpha value is -2.10. The molecular formula is C24H27ClN2O. The summed E-state index contributed by atoms with van der Waals surface area (Å²) in [5.74, 6) is 0.00789. The summed E-state index contributed by atoms with van der Waals surface area (Å²) in [6.07, 6.45) is 7.93. The van der Waals surface area contributed by atoms with Crippen LogP contribution in [0.15, 0.2) is 60.7 Å². The second-order valence-corrected chi connectivity index (χ2v) is 8.26. The second-order valence-electron chi connectivity index (χ2n) is 7.83. The third-order valence-corrected chi connectivity index (χ3v) is 6.29. The molecule has 0 saturated heterocycles. The maximum Gasteiger partial charge on any atom is 0.251 e. The van der Waals surface area contributed by atoms with Crippen molar-refractivity contribution in [3.8, 4) is 0 Å². The third kappa shape index (κ3) is 4.65. The quantitative estimate of drug-likeness (QED) is 0.775. The fourth-order valence-electron chi connectivity index (χ4n) is 4.39. The van der Waals surface area contributed by atoms with Gasteiger partial charge in [0.2, 0.25) is 0 Å². The number of carbonyl (C=O) groups is 1. The van der Waals surface area contributed by atoms with Crippen LogP contribution in [-0.4, -0.2) is 36.0 Å². The zero-order chi connectivity index (χ0) is 19.3. The van der Waals surface area contributed by atoms with Crippen LogP contribution < -0.4 is 5.32 Å². The number of hydrogen-bond acceptors (Lipinski definition) is 2. The van der Waals surface area contributed by atoms with E-state index >= 15 is 0 Å². The number of nitrogens with zero attached hydrogens (tertiary/aromatic N) is 1. The van der Waals surface area contributed by atoms with Crippen LogP contribution in [0.25, 0.3) is 5.57 Å². The molecule has 2 aliphatic rings. The summed E-state index contributed by atoms with van der Waals surface area (Å²) >= 11 is 5.90. The van der Waals surface area contributed by atoms with E-state index in [9.17, 15) is 4.79 Å². The van der Waals surface area contributed by atoms with Crippen LogP contribution in [0.1, 0.15) is 48.0 Å². The molecule has 2 aromatic carbocycles. The van der Waals surface area contributed by atoms with Crippen molar-refractivity contribution in [3.63, 3.8) is 0 Å². The van der Waals surface area contributed by atoms with Crippen LogP contribution in [0.3, 0.4) is 0 Å². The summed E-state index contributed by atoms with van der Waals surface area (Å²) < 4.78 is 0. The molecule has 1 amide bonds. The van der Waals surface area contributed by atoms with E-state index in [-0.39, 0.29) is 11.9 Å². The SMILES string of the molecule is O=C(N[C@H]1CC[C@H](N2CC=C(c3ccccc3)CC2)CC1)c1ccc(Cl)cc1. The first-order chi connectivity index (χ1) is 13.7. The molecule has 0 aromatic heterocycles. The van der Waals surface area contributed by atoms with Gasteiger partial charge in [-0.25, -0.2) is 0 Å². The van der Waals surface area contributed by atoms with Crippen LogP contribution in [-0.2, 0) is 0 Å². The summed E-state index contributed by atoms with van der Waals surface area (Å²) in [5.41, 5.74) is 3.51. The Morgan fingerprint density at radius 2 is 1.68 bits per heavy atom. The first kappa shape index (κ1) is 19.2. The minimum atomic E-state index is 0.00789. The van der Waals surface area contributed by atoms with Crippen LogP contribution in [0.5, 0.6) is 0 Å². The molecule has 0 atom stereocenters. The lowest BCUT2D eigenvalue weighted by atomic mass is 9.88. The molecule has 3 nitrogen and oxygen atoms in total. The van der Waals surface area contributed by atoms with Gasteiger partial charge >= 0.3 is 0 Å². The normalized spacial score (nSPS) is 23.1. The fourth-order valence-corrected chi connectivity index (χ4v) is 4.51. The zero-order valence-electron chi connectivity index (χ0n) is 16.1. The van der Waals surface area contributed by atoms with E-state index in [0.717, 1.165) is 45.2 Å². The van der Waals surface area contributed by atoms with Crippen molar-refractivity contribution in [2.24, 2.45) is 0 Å². The summed E-state index contributed by atoms with van der Waals surface area (Å²) in [7, 11) is 0. The standard InChI is InChI=1S/C24H27ClN2O/c25-21-8-6-20(7-9-21)24(28)26-22-10-12-23(13-11-22)27-16-14-19(15-17-27)18-4-2-1-3-5-18/h1-9,14,22-23H,10-13,15-17H2,(H,26,28)/t22-,23-. The first-order valence-corrected chi connectivity index (χ1v) is 10.6. The molecule has 1 N–H and O–H groups in total. The highest BCUT2D eigenvalue weighted by Gasteiger charge is 2.27. The van der Waals surface area contributed by atoms with Crippen molar-refractivity contribution >= 4 is 23.1 Å². The summed E-state index contributed by atoms with van der Waals surface area (Å²) in [6, 6.07) is 18.7. The molecule has 0 radical (unpaired) electrons. The lowest BCUT2D eigenvalue weighted by Crippen LogP contribution is -2.45. The molecule has 1 aliphatic heterocycles. The maximum atomic E-state index is 12.4. The maximum absolute atomic E-state index is 12.4. The molecule has 1 saturated carbocycles. The van der Waals surface area contributed by atoms with Gasteiger partial charge in [-0.1, -0.05) is 48.0 Å². The largest absolute Gasteiger partial charge is 0.349 e. The molecule has 28 heavy (non-hydrogen) atoms. The van der Waals surface area contributed by atoms with Gasteiger partial charge in [-0.3, -0.25) is 9.69 Å². The average Bonchev–Trinajstić information content (AvgIpc) is 2.75. The van der Waals surface area contributed by atoms with Crippen LogP contribution in [0.4, 0.5) is 0 Å². The van der Waals surface area contributed by atoms with E-state index < -0.39 is 0 Å². The van der Waals surface area contributed by atoms with Gasteiger partial charge in [0, 0.05) is 35.8 Å². The topological polar surface area (TPSA) is 32.3 Å². The molecule has 146 valence electrons. The van der Waals surface area contributed by atoms with Crippen molar-refractivity contribution in [1.29, 1.82) is 0 Å². The van der Waals surface area contributed by atoms with Crippen molar-refractivity contribution in [2.45, 2.75) is 44.2 Å². The minimum absolute atomic E-state index is 0.00789. The van der Waals surface area contributed by atoms with Gasteiger partial charge in [-0.05, 0) is 67.5 Å². The smallest absolute Gasteiger partial charge is 0.251 e. The van der Waals surface area contributed by atoms with Gasteiger partial charge in [-0.2, -0.15) is 0 Å². The Kier molecular flexibility index (Phi) is 6.13. The number of rotatable bonds is 4. The van der Waals surface area contributed by atoms with Crippen molar-refractivity contribution in [1.82, 2.24) is 10.2 Å². The number of benzene rings is 2. The highest BCUT2D eigenvalue weighted by Crippen LogP contribution is 2.28. The monoisotopic (exact) mass is 394 g/mol. The molecule has 0 bridgehead atoms. The molecule has 0 unspecified atom stereocenters. The fraction of sp³-hybridized carbons (Fsp3) is 0.375. The van der Waals surface area contributed by atoms with Gasteiger partial charge in [0.1, 0.15) is 0 Å². The number of carbonyl (C=O) groups excluding carboxylic acids is 1. The predicted octanol–water partition coefficient (Wildman–Crippen LogP) is 5.17. The second kappa shape index (κ2) is 8.93. The zero-order valence-corrected chi connectivity index (χ0v) is 16.9. The van der Waals surface area contributed by atoms with E-state index in [4.69, 9.17) is 11.6 Å². The minimum Gasteiger partial charge on any atom is -0.349 e. The van der Waals surface area contributed by atoms with E-state index in [0.29, 0.717) is 16.6 Å². The Balaban J connectivity index is 1.26. The predicted molar refractivity (Wildman–Crippen MR) is 116 cm³/mol. The lowest BCUT2D eigenvalue weighted by Gasteiger charge is -2.38. The lowest BCUT2D eigenvalue weighted by molar-refractivity contribution is 0.0907. The molecule has 4 heteroatoms. The number of hydrogen-bond donors (Lipinski definition) is 1. The first-order valence-electron chi connectivity index (χ1n) is 10.2. The van der Waals surface area contributed by atoms with Gasteiger partial charge in [-0.15, -0.1) is 0 Å². The Bertz CT molecular complexity index is 823. The highest BCUT2D eigenvalue weighted by atomic mass is 35.5. The van der Waals surface area contributed by atoms with Gasteiger partial charge in [0.25, 0.3) is 5.91 Å². The van der Waals surface area contributed by atoms with E-state index in [2.05, 4.69) is 46.6 Å².